The zero-order valence-electron chi connectivity index (χ0n) is 12.6. The number of nitrogens with one attached hydrogen (secondary N) is 2. The number of nitrogens with zero attached hydrogens (tertiary/aromatic N) is 1. The van der Waals surface area contributed by atoms with Crippen molar-refractivity contribution in [1.29, 1.82) is 0 Å². The summed E-state index contributed by atoms with van der Waals surface area (Å²) in [5.74, 6) is -0.983. The van der Waals surface area contributed by atoms with Crippen LogP contribution >= 0.6 is 0 Å². The molecule has 1 aromatic rings. The molecule has 4 amide bonds. The normalized spacial score (nSPS) is 20.9. The van der Waals surface area contributed by atoms with Crippen molar-refractivity contribution in [2.24, 2.45) is 0 Å². The van der Waals surface area contributed by atoms with Gasteiger partial charge >= 0.3 is 6.03 Å². The first-order chi connectivity index (χ1) is 10.5. The van der Waals surface area contributed by atoms with Crippen molar-refractivity contribution in [3.8, 4) is 0 Å². The smallest absolute Gasteiger partial charge is 0.319 e. The van der Waals surface area contributed by atoms with Crippen molar-refractivity contribution in [2.45, 2.75) is 25.8 Å². The fourth-order valence-corrected chi connectivity index (χ4v) is 2.46. The Balaban J connectivity index is 2.22. The third kappa shape index (κ3) is 2.80. The number of rotatable bonds is 6. The Morgan fingerprint density at radius 1 is 1.27 bits per heavy atom. The number of carbonyl (C=O) groups is 3. The van der Waals surface area contributed by atoms with Gasteiger partial charge in [0.05, 0.1) is 6.61 Å². The lowest BCUT2D eigenvalue weighted by atomic mass is 9.87. The average Bonchev–Trinajstić information content (AvgIpc) is 2.79. The molecular weight excluding hydrogens is 286 g/mol. The lowest BCUT2D eigenvalue weighted by molar-refractivity contribution is -0.140. The molecule has 7 heteroatoms. The van der Waals surface area contributed by atoms with Crippen LogP contribution in [-0.4, -0.2) is 35.9 Å². The second-order valence-electron chi connectivity index (χ2n) is 4.90. The largest absolute Gasteiger partial charge is 0.325 e. The quantitative estimate of drug-likeness (QED) is 0.604. The van der Waals surface area contributed by atoms with E-state index in [0.717, 1.165) is 4.90 Å². The van der Waals surface area contributed by atoms with Gasteiger partial charge in [-0.1, -0.05) is 37.3 Å². The number of urea groups is 1. The van der Waals surface area contributed by atoms with Gasteiger partial charge in [0.15, 0.2) is 0 Å². The molecule has 0 unspecified atom stereocenters. The van der Waals surface area contributed by atoms with Gasteiger partial charge < -0.3 is 5.32 Å². The molecule has 0 saturated carbocycles. The number of carbonyl (C=O) groups excluding carboxylic acids is 3. The number of amides is 4. The number of hydrogen-bond donors (Lipinski definition) is 2. The van der Waals surface area contributed by atoms with Gasteiger partial charge in [0.2, 0.25) is 0 Å². The van der Waals surface area contributed by atoms with Crippen LogP contribution in [0.1, 0.15) is 25.8 Å². The van der Waals surface area contributed by atoms with Gasteiger partial charge in [0.25, 0.3) is 11.8 Å². The highest BCUT2D eigenvalue weighted by atomic mass is 16.6. The number of imide groups is 1. The molecule has 1 aliphatic rings. The SMILES string of the molecule is CCONC(=O)CN1C(=O)N[C@](CC)(c2ccccc2)C1=O. The monoisotopic (exact) mass is 305 g/mol. The third-order valence-electron chi connectivity index (χ3n) is 3.60. The maximum atomic E-state index is 12.7. The van der Waals surface area contributed by atoms with Crippen molar-refractivity contribution in [1.82, 2.24) is 15.7 Å². The highest BCUT2D eigenvalue weighted by Gasteiger charge is 2.51. The molecule has 0 bridgehead atoms. The Kier molecular flexibility index (Phi) is 4.77. The molecule has 2 N–H and O–H groups in total. The zero-order valence-corrected chi connectivity index (χ0v) is 12.6. The first-order valence-corrected chi connectivity index (χ1v) is 7.15. The van der Waals surface area contributed by atoms with E-state index in [4.69, 9.17) is 4.84 Å². The van der Waals surface area contributed by atoms with E-state index in [1.54, 1.807) is 31.2 Å². The van der Waals surface area contributed by atoms with Crippen LogP contribution in [0.15, 0.2) is 30.3 Å². The number of hydrogen-bond acceptors (Lipinski definition) is 4. The maximum absolute atomic E-state index is 12.7. The van der Waals surface area contributed by atoms with Crippen LogP contribution in [0.3, 0.4) is 0 Å². The molecule has 22 heavy (non-hydrogen) atoms. The van der Waals surface area contributed by atoms with Gasteiger partial charge in [-0.2, -0.15) is 0 Å². The van der Waals surface area contributed by atoms with E-state index in [0.29, 0.717) is 18.6 Å². The molecule has 1 aromatic carbocycles. The van der Waals surface area contributed by atoms with Crippen LogP contribution in [0.4, 0.5) is 4.79 Å². The summed E-state index contributed by atoms with van der Waals surface area (Å²) in [5.41, 5.74) is 1.75. The van der Waals surface area contributed by atoms with Gasteiger partial charge in [0, 0.05) is 0 Å². The highest BCUT2D eigenvalue weighted by molar-refractivity contribution is 6.09. The minimum Gasteiger partial charge on any atom is -0.319 e. The van der Waals surface area contributed by atoms with Crippen LogP contribution in [-0.2, 0) is 20.0 Å². The van der Waals surface area contributed by atoms with E-state index < -0.39 is 23.4 Å². The van der Waals surface area contributed by atoms with E-state index in [1.807, 2.05) is 13.0 Å². The zero-order chi connectivity index (χ0) is 16.2. The Morgan fingerprint density at radius 3 is 2.55 bits per heavy atom. The molecule has 1 heterocycles. The standard InChI is InChI=1S/C15H19N3O4/c1-3-15(11-8-6-5-7-9-11)13(20)18(14(21)16-15)10-12(19)17-22-4-2/h5-9H,3-4,10H2,1-2H3,(H,16,21)(H,17,19)/t15-/m1/s1. The number of benzene rings is 1. The maximum Gasteiger partial charge on any atom is 0.325 e. The molecule has 1 aliphatic heterocycles. The van der Waals surface area contributed by atoms with E-state index in [9.17, 15) is 14.4 Å². The summed E-state index contributed by atoms with van der Waals surface area (Å²) >= 11 is 0. The van der Waals surface area contributed by atoms with Gasteiger partial charge in [-0.15, -0.1) is 0 Å². The summed E-state index contributed by atoms with van der Waals surface area (Å²) in [5, 5.41) is 2.71. The summed E-state index contributed by atoms with van der Waals surface area (Å²) in [6.45, 7) is 3.45. The molecule has 0 aromatic heterocycles. The van der Waals surface area contributed by atoms with E-state index >= 15 is 0 Å². The predicted octanol–water partition coefficient (Wildman–Crippen LogP) is 0.911. The Hall–Kier alpha value is -2.41. The molecule has 2 rings (SSSR count). The van der Waals surface area contributed by atoms with Crippen LogP contribution < -0.4 is 10.8 Å². The first kappa shape index (κ1) is 16.0. The minimum atomic E-state index is -1.12. The highest BCUT2D eigenvalue weighted by Crippen LogP contribution is 2.32. The van der Waals surface area contributed by atoms with Gasteiger partial charge in [-0.05, 0) is 18.9 Å². The summed E-state index contributed by atoms with van der Waals surface area (Å²) < 4.78 is 0. The molecule has 0 spiro atoms. The van der Waals surface area contributed by atoms with Crippen molar-refractivity contribution >= 4 is 17.8 Å². The summed E-state index contributed by atoms with van der Waals surface area (Å²) in [6, 6.07) is 8.42. The molecule has 1 saturated heterocycles. The van der Waals surface area contributed by atoms with Crippen LogP contribution in [0.2, 0.25) is 0 Å². The first-order valence-electron chi connectivity index (χ1n) is 7.15. The Labute approximate surface area is 128 Å². The van der Waals surface area contributed by atoms with Gasteiger partial charge in [-0.25, -0.2) is 10.3 Å². The summed E-state index contributed by atoms with van der Waals surface area (Å²) in [7, 11) is 0. The Morgan fingerprint density at radius 2 is 1.95 bits per heavy atom. The van der Waals surface area contributed by atoms with E-state index in [2.05, 4.69) is 10.8 Å². The van der Waals surface area contributed by atoms with Gasteiger partial charge in [-0.3, -0.25) is 19.3 Å². The summed E-state index contributed by atoms with van der Waals surface area (Å²) in [6.07, 6.45) is 0.394. The molecular formula is C15H19N3O4. The second kappa shape index (κ2) is 6.57. The van der Waals surface area contributed by atoms with Crippen molar-refractivity contribution < 1.29 is 19.2 Å². The summed E-state index contributed by atoms with van der Waals surface area (Å²) in [4.78, 5) is 42.2. The van der Waals surface area contributed by atoms with Crippen LogP contribution in [0, 0.1) is 0 Å². The minimum absolute atomic E-state index is 0.300. The number of hydroxylamine groups is 1. The third-order valence-corrected chi connectivity index (χ3v) is 3.60. The fourth-order valence-electron chi connectivity index (χ4n) is 2.46. The van der Waals surface area contributed by atoms with Crippen LogP contribution in [0.5, 0.6) is 0 Å². The lowest BCUT2D eigenvalue weighted by Crippen LogP contribution is -2.44. The van der Waals surface area contributed by atoms with E-state index in [-0.39, 0.29) is 6.54 Å². The molecule has 7 nitrogen and oxygen atoms in total. The molecule has 1 atom stereocenters. The molecule has 1 fully saturated rings. The van der Waals surface area contributed by atoms with Crippen molar-refractivity contribution in [3.63, 3.8) is 0 Å². The van der Waals surface area contributed by atoms with Crippen LogP contribution in [0.25, 0.3) is 0 Å². The topological polar surface area (TPSA) is 87.7 Å². The van der Waals surface area contributed by atoms with E-state index in [1.165, 1.54) is 0 Å². The fraction of sp³-hybridized carbons (Fsp3) is 0.400. The molecule has 118 valence electrons. The predicted molar refractivity (Wildman–Crippen MR) is 78.4 cm³/mol. The lowest BCUT2D eigenvalue weighted by Gasteiger charge is -2.25. The molecule has 0 aliphatic carbocycles. The molecule has 0 radical (unpaired) electrons. The average molecular weight is 305 g/mol. The second-order valence-corrected chi connectivity index (χ2v) is 4.90. The van der Waals surface area contributed by atoms with Gasteiger partial charge in [0.1, 0.15) is 12.1 Å². The van der Waals surface area contributed by atoms with Crippen molar-refractivity contribution in [3.05, 3.63) is 35.9 Å². The Bertz CT molecular complexity index is 575. The van der Waals surface area contributed by atoms with Crippen molar-refractivity contribution in [2.75, 3.05) is 13.2 Å².